The van der Waals surface area contributed by atoms with Gasteiger partial charge in [0.15, 0.2) is 5.82 Å². The predicted molar refractivity (Wildman–Crippen MR) is 84.9 cm³/mol. The van der Waals surface area contributed by atoms with E-state index in [2.05, 4.69) is 10.5 Å². The van der Waals surface area contributed by atoms with Crippen LogP contribution < -0.4 is 5.32 Å². The number of aromatic nitrogens is 1. The molecule has 0 aliphatic rings. The number of carbonyl (C=O) groups excluding carboxylic acids is 2. The highest BCUT2D eigenvalue weighted by Gasteiger charge is 2.24. The number of hydrogen-bond acceptors (Lipinski definition) is 6. The number of anilines is 1. The van der Waals surface area contributed by atoms with E-state index in [-0.39, 0.29) is 22.9 Å². The van der Waals surface area contributed by atoms with E-state index < -0.39 is 22.4 Å². The molecule has 0 saturated heterocycles. The van der Waals surface area contributed by atoms with E-state index in [1.54, 1.807) is 6.92 Å². The summed E-state index contributed by atoms with van der Waals surface area (Å²) in [5.74, 6) is -0.456. The van der Waals surface area contributed by atoms with Crippen molar-refractivity contribution in [3.8, 4) is 0 Å². The number of amides is 2. The molecule has 1 N–H and O–H groups in total. The molecule has 1 aromatic carbocycles. The van der Waals surface area contributed by atoms with Crippen LogP contribution in [0.15, 0.2) is 28.8 Å². The fraction of sp³-hybridized carbons (Fsp3) is 0.214. The lowest BCUT2D eigenvalue weighted by atomic mass is 10.1. The second kappa shape index (κ2) is 7.09. The molecule has 0 bridgehead atoms. The van der Waals surface area contributed by atoms with Crippen molar-refractivity contribution in [2.45, 2.75) is 6.92 Å². The van der Waals surface area contributed by atoms with Gasteiger partial charge in [-0.1, -0.05) is 16.8 Å². The molecule has 1 heterocycles. The number of halogens is 1. The summed E-state index contributed by atoms with van der Waals surface area (Å²) in [7, 11) is 1.36. The number of benzene rings is 1. The van der Waals surface area contributed by atoms with Gasteiger partial charge in [-0.2, -0.15) is 0 Å². The van der Waals surface area contributed by atoms with Crippen LogP contribution in [0, 0.1) is 17.0 Å². The average molecular weight is 353 g/mol. The summed E-state index contributed by atoms with van der Waals surface area (Å²) in [6.07, 6.45) is 0. The highest BCUT2D eigenvalue weighted by Crippen LogP contribution is 2.24. The van der Waals surface area contributed by atoms with Crippen molar-refractivity contribution < 1.29 is 19.0 Å². The Balaban J connectivity index is 2.09. The molecule has 10 heteroatoms. The molecule has 1 aromatic heterocycles. The Morgan fingerprint density at radius 1 is 1.42 bits per heavy atom. The third-order valence-corrected chi connectivity index (χ3v) is 3.24. The van der Waals surface area contributed by atoms with Crippen LogP contribution in [0.2, 0.25) is 5.02 Å². The van der Waals surface area contributed by atoms with Crippen LogP contribution in [0.3, 0.4) is 0 Å². The lowest BCUT2D eigenvalue weighted by Crippen LogP contribution is -2.35. The zero-order valence-corrected chi connectivity index (χ0v) is 13.5. The van der Waals surface area contributed by atoms with Crippen molar-refractivity contribution in [1.82, 2.24) is 10.1 Å². The standard InChI is InChI=1S/C14H13ClN4O5/c1-8-5-12(17-24-8)16-13(20)7-18(2)14(21)10-4-3-9(15)6-11(10)19(22)23/h3-6H,7H2,1-2H3,(H,16,17,20). The van der Waals surface area contributed by atoms with Crippen molar-refractivity contribution in [2.24, 2.45) is 0 Å². The number of nitro groups is 1. The Morgan fingerprint density at radius 2 is 2.12 bits per heavy atom. The fourth-order valence-corrected chi connectivity index (χ4v) is 2.10. The SMILES string of the molecule is Cc1cc(NC(=O)CN(C)C(=O)c2ccc(Cl)cc2[N+](=O)[O-])no1. The highest BCUT2D eigenvalue weighted by atomic mass is 35.5. The van der Waals surface area contributed by atoms with Crippen LogP contribution in [0.5, 0.6) is 0 Å². The second-order valence-electron chi connectivity index (χ2n) is 4.95. The summed E-state index contributed by atoms with van der Waals surface area (Å²) in [6.45, 7) is 1.35. The van der Waals surface area contributed by atoms with E-state index in [0.29, 0.717) is 5.76 Å². The molecular formula is C14H13ClN4O5. The molecule has 0 aliphatic heterocycles. The van der Waals surface area contributed by atoms with Gasteiger partial charge in [0.05, 0.1) is 11.5 Å². The lowest BCUT2D eigenvalue weighted by Gasteiger charge is -2.16. The number of carbonyl (C=O) groups is 2. The number of nitrogens with one attached hydrogen (secondary N) is 1. The molecule has 0 aliphatic carbocycles. The first kappa shape index (κ1) is 17.4. The molecule has 0 radical (unpaired) electrons. The Morgan fingerprint density at radius 3 is 2.71 bits per heavy atom. The monoisotopic (exact) mass is 352 g/mol. The maximum absolute atomic E-state index is 12.3. The summed E-state index contributed by atoms with van der Waals surface area (Å²) < 4.78 is 4.81. The van der Waals surface area contributed by atoms with Gasteiger partial charge in [-0.25, -0.2) is 0 Å². The number of aryl methyl sites for hydroxylation is 1. The third kappa shape index (κ3) is 4.07. The summed E-state index contributed by atoms with van der Waals surface area (Å²) in [5.41, 5.74) is -0.580. The summed E-state index contributed by atoms with van der Waals surface area (Å²) >= 11 is 5.71. The highest BCUT2D eigenvalue weighted by molar-refractivity contribution is 6.31. The van der Waals surface area contributed by atoms with Crippen LogP contribution in [-0.2, 0) is 4.79 Å². The first-order valence-electron chi connectivity index (χ1n) is 6.70. The van der Waals surface area contributed by atoms with Crippen LogP contribution in [-0.4, -0.2) is 40.4 Å². The maximum atomic E-state index is 12.3. The van der Waals surface area contributed by atoms with E-state index in [1.165, 1.54) is 25.2 Å². The van der Waals surface area contributed by atoms with Gasteiger partial charge in [0, 0.05) is 24.2 Å². The van der Waals surface area contributed by atoms with Gasteiger partial charge < -0.3 is 14.7 Å². The molecule has 126 valence electrons. The molecule has 0 unspecified atom stereocenters. The normalized spacial score (nSPS) is 10.3. The lowest BCUT2D eigenvalue weighted by molar-refractivity contribution is -0.385. The molecule has 2 aromatic rings. The zero-order valence-electron chi connectivity index (χ0n) is 12.8. The number of rotatable bonds is 5. The van der Waals surface area contributed by atoms with Gasteiger partial charge in [0.25, 0.3) is 11.6 Å². The minimum absolute atomic E-state index is 0.139. The molecule has 0 fully saturated rings. The molecule has 9 nitrogen and oxygen atoms in total. The Bertz CT molecular complexity index is 804. The van der Waals surface area contributed by atoms with Crippen molar-refractivity contribution in [2.75, 3.05) is 18.9 Å². The van der Waals surface area contributed by atoms with Gasteiger partial charge in [0.2, 0.25) is 5.91 Å². The quantitative estimate of drug-likeness (QED) is 0.651. The van der Waals surface area contributed by atoms with E-state index in [0.717, 1.165) is 11.0 Å². The second-order valence-corrected chi connectivity index (χ2v) is 5.39. The van der Waals surface area contributed by atoms with Gasteiger partial charge in [-0.05, 0) is 19.1 Å². The fourth-order valence-electron chi connectivity index (χ4n) is 1.94. The van der Waals surface area contributed by atoms with Gasteiger partial charge in [-0.15, -0.1) is 0 Å². The molecule has 0 spiro atoms. The Labute approximate surface area is 141 Å². The number of hydrogen-bond donors (Lipinski definition) is 1. The molecular weight excluding hydrogens is 340 g/mol. The van der Waals surface area contributed by atoms with Crippen LogP contribution in [0.4, 0.5) is 11.5 Å². The third-order valence-electron chi connectivity index (χ3n) is 3.01. The Hall–Kier alpha value is -2.94. The Kier molecular flexibility index (Phi) is 5.14. The van der Waals surface area contributed by atoms with Crippen LogP contribution in [0.25, 0.3) is 0 Å². The first-order chi connectivity index (χ1) is 11.3. The van der Waals surface area contributed by atoms with Gasteiger partial charge >= 0.3 is 0 Å². The van der Waals surface area contributed by atoms with Crippen molar-refractivity contribution >= 4 is 34.9 Å². The van der Waals surface area contributed by atoms with Crippen LogP contribution in [0.1, 0.15) is 16.1 Å². The summed E-state index contributed by atoms with van der Waals surface area (Å²) in [6, 6.07) is 5.22. The molecule has 24 heavy (non-hydrogen) atoms. The largest absolute Gasteiger partial charge is 0.360 e. The number of nitro benzene ring substituents is 1. The number of nitrogens with zero attached hydrogens (tertiary/aromatic N) is 3. The maximum Gasteiger partial charge on any atom is 0.283 e. The van der Waals surface area contributed by atoms with Crippen LogP contribution >= 0.6 is 11.6 Å². The van der Waals surface area contributed by atoms with Gasteiger partial charge in [-0.3, -0.25) is 19.7 Å². The topological polar surface area (TPSA) is 119 Å². The smallest absolute Gasteiger partial charge is 0.283 e. The molecule has 2 rings (SSSR count). The summed E-state index contributed by atoms with van der Waals surface area (Å²) in [5, 5.41) is 17.2. The van der Waals surface area contributed by atoms with Gasteiger partial charge in [0.1, 0.15) is 11.3 Å². The summed E-state index contributed by atoms with van der Waals surface area (Å²) in [4.78, 5) is 35.6. The van der Waals surface area contributed by atoms with E-state index in [1.807, 2.05) is 0 Å². The van der Waals surface area contributed by atoms with E-state index in [4.69, 9.17) is 16.1 Å². The average Bonchev–Trinajstić information content (AvgIpc) is 2.91. The van der Waals surface area contributed by atoms with Crippen molar-refractivity contribution in [3.05, 3.63) is 50.7 Å². The molecule has 0 saturated carbocycles. The van der Waals surface area contributed by atoms with Crippen molar-refractivity contribution in [1.29, 1.82) is 0 Å². The first-order valence-corrected chi connectivity index (χ1v) is 7.08. The minimum Gasteiger partial charge on any atom is -0.360 e. The number of likely N-dealkylation sites (N-methyl/N-ethyl adjacent to an activating group) is 1. The molecule has 2 amide bonds. The molecule has 0 atom stereocenters. The predicted octanol–water partition coefficient (Wildman–Crippen LogP) is 2.26. The minimum atomic E-state index is -0.703. The zero-order chi connectivity index (χ0) is 17.9. The van der Waals surface area contributed by atoms with E-state index >= 15 is 0 Å². The van der Waals surface area contributed by atoms with E-state index in [9.17, 15) is 19.7 Å². The van der Waals surface area contributed by atoms with Crippen molar-refractivity contribution in [3.63, 3.8) is 0 Å².